The maximum absolute atomic E-state index is 12.8. The Morgan fingerprint density at radius 3 is 2.59 bits per heavy atom. The first kappa shape index (κ1) is 13.4. The number of amides is 3. The molecule has 2 saturated heterocycles. The molecule has 7 heteroatoms. The number of carbonyl (C=O) groups excluding carboxylic acids is 2. The molecule has 0 saturated carbocycles. The Morgan fingerprint density at radius 2 is 1.91 bits per heavy atom. The van der Waals surface area contributed by atoms with Crippen molar-refractivity contribution in [3.63, 3.8) is 0 Å². The fraction of sp³-hybridized carbons (Fsp3) is 0.333. The van der Waals surface area contributed by atoms with Gasteiger partial charge in [0.25, 0.3) is 5.91 Å². The van der Waals surface area contributed by atoms with Gasteiger partial charge in [0.2, 0.25) is 0 Å². The summed E-state index contributed by atoms with van der Waals surface area (Å²) < 4.78 is 38.4. The summed E-state index contributed by atoms with van der Waals surface area (Å²) in [4.78, 5) is 27.3. The van der Waals surface area contributed by atoms with Crippen LogP contribution in [0.15, 0.2) is 36.4 Å². The molecule has 0 aromatic heterocycles. The second-order valence-electron chi connectivity index (χ2n) is 5.71. The van der Waals surface area contributed by atoms with Crippen molar-refractivity contribution in [2.45, 2.75) is 24.7 Å². The molecular formula is C15H11F3N2O2. The Hall–Kier alpha value is -2.31. The third-order valence-electron chi connectivity index (χ3n) is 4.47. The van der Waals surface area contributed by atoms with Crippen molar-refractivity contribution >= 4 is 17.6 Å². The number of urea groups is 1. The molecular weight excluding hydrogens is 297 g/mol. The first-order chi connectivity index (χ1) is 10.4. The Balaban J connectivity index is 1.73. The lowest BCUT2D eigenvalue weighted by Gasteiger charge is -2.22. The largest absolute Gasteiger partial charge is 0.416 e. The van der Waals surface area contributed by atoms with Gasteiger partial charge in [-0.3, -0.25) is 4.79 Å². The van der Waals surface area contributed by atoms with E-state index in [0.717, 1.165) is 23.5 Å². The van der Waals surface area contributed by atoms with Crippen molar-refractivity contribution in [3.05, 3.63) is 42.0 Å². The van der Waals surface area contributed by atoms with Gasteiger partial charge < -0.3 is 4.90 Å². The number of hydrogen-bond acceptors (Lipinski definition) is 2. The molecule has 1 aliphatic carbocycles. The van der Waals surface area contributed by atoms with E-state index in [4.69, 9.17) is 0 Å². The highest BCUT2D eigenvalue weighted by Crippen LogP contribution is 2.43. The maximum Gasteiger partial charge on any atom is 0.416 e. The van der Waals surface area contributed by atoms with E-state index in [1.54, 1.807) is 0 Å². The topological polar surface area (TPSA) is 40.6 Å². The van der Waals surface area contributed by atoms with E-state index in [1.807, 2.05) is 12.2 Å². The summed E-state index contributed by atoms with van der Waals surface area (Å²) in [7, 11) is 0. The molecule has 2 bridgehead atoms. The van der Waals surface area contributed by atoms with E-state index >= 15 is 0 Å². The number of hydrogen-bond donors (Lipinski definition) is 0. The quantitative estimate of drug-likeness (QED) is 0.591. The molecule has 1 aromatic carbocycles. The molecule has 3 aliphatic rings. The van der Waals surface area contributed by atoms with Crippen molar-refractivity contribution < 1.29 is 22.8 Å². The molecule has 0 radical (unpaired) electrons. The van der Waals surface area contributed by atoms with Crippen LogP contribution in [-0.2, 0) is 11.0 Å². The lowest BCUT2D eigenvalue weighted by atomic mass is 10.0. The van der Waals surface area contributed by atoms with E-state index < -0.39 is 29.7 Å². The standard InChI is InChI=1S/C15H11F3N2O2/c16-15(17,18)9-2-1-3-10(7-9)20-13(21)12-8-4-5-11(6-8)19(12)14(20)22/h1-5,7-8,11-12H,6H2/t8?,11?,12-/m1/s1. The van der Waals surface area contributed by atoms with Crippen LogP contribution >= 0.6 is 0 Å². The van der Waals surface area contributed by atoms with Crippen LogP contribution in [0, 0.1) is 5.92 Å². The summed E-state index contributed by atoms with van der Waals surface area (Å²) in [5.74, 6) is -0.474. The van der Waals surface area contributed by atoms with E-state index in [2.05, 4.69) is 0 Å². The van der Waals surface area contributed by atoms with Crippen LogP contribution in [0.5, 0.6) is 0 Å². The molecule has 4 rings (SSSR count). The highest BCUT2D eigenvalue weighted by Gasteiger charge is 2.57. The van der Waals surface area contributed by atoms with Crippen LogP contribution in [0.2, 0.25) is 0 Å². The first-order valence-corrected chi connectivity index (χ1v) is 6.90. The first-order valence-electron chi connectivity index (χ1n) is 6.90. The fourth-order valence-electron chi connectivity index (χ4n) is 3.52. The molecule has 4 nitrogen and oxygen atoms in total. The van der Waals surface area contributed by atoms with Crippen LogP contribution < -0.4 is 4.90 Å². The van der Waals surface area contributed by atoms with Gasteiger partial charge in [-0.05, 0) is 24.6 Å². The zero-order valence-electron chi connectivity index (χ0n) is 11.2. The molecule has 0 spiro atoms. The van der Waals surface area contributed by atoms with Crippen LogP contribution in [0.4, 0.5) is 23.7 Å². The molecule has 2 unspecified atom stereocenters. The van der Waals surface area contributed by atoms with Gasteiger partial charge in [0.05, 0.1) is 17.3 Å². The zero-order valence-corrected chi connectivity index (χ0v) is 11.2. The predicted molar refractivity (Wildman–Crippen MR) is 71.0 cm³/mol. The average Bonchev–Trinajstić information content (AvgIpc) is 3.12. The van der Waals surface area contributed by atoms with Gasteiger partial charge in [-0.2, -0.15) is 13.2 Å². The molecule has 22 heavy (non-hydrogen) atoms. The highest BCUT2D eigenvalue weighted by atomic mass is 19.4. The van der Waals surface area contributed by atoms with Gasteiger partial charge in [0, 0.05) is 5.92 Å². The molecule has 3 amide bonds. The highest BCUT2D eigenvalue weighted by molar-refractivity contribution is 6.22. The SMILES string of the molecule is O=C1[C@H]2C3C=CC(C3)N2C(=O)N1c1cccc(C(F)(F)F)c1. The van der Waals surface area contributed by atoms with E-state index in [-0.39, 0.29) is 17.6 Å². The molecule has 0 N–H and O–H groups in total. The third kappa shape index (κ3) is 1.65. The van der Waals surface area contributed by atoms with Crippen LogP contribution in [0.1, 0.15) is 12.0 Å². The number of imide groups is 1. The third-order valence-corrected chi connectivity index (χ3v) is 4.47. The predicted octanol–water partition coefficient (Wildman–Crippen LogP) is 2.80. The molecule has 2 heterocycles. The minimum absolute atomic E-state index is 0.0291. The van der Waals surface area contributed by atoms with Crippen LogP contribution in [0.3, 0.4) is 0 Å². The van der Waals surface area contributed by atoms with Gasteiger partial charge in [0.1, 0.15) is 6.04 Å². The maximum atomic E-state index is 12.8. The van der Waals surface area contributed by atoms with Crippen molar-refractivity contribution in [2.24, 2.45) is 5.92 Å². The Labute approximate surface area is 123 Å². The van der Waals surface area contributed by atoms with Crippen molar-refractivity contribution in [1.29, 1.82) is 0 Å². The van der Waals surface area contributed by atoms with Crippen molar-refractivity contribution in [1.82, 2.24) is 4.90 Å². The lowest BCUT2D eigenvalue weighted by Crippen LogP contribution is -2.38. The molecule has 3 atom stereocenters. The summed E-state index contributed by atoms with van der Waals surface area (Å²) in [6.07, 6.45) is -0.00815. The summed E-state index contributed by atoms with van der Waals surface area (Å²) in [6.45, 7) is 0. The molecule has 114 valence electrons. The van der Waals surface area contributed by atoms with Gasteiger partial charge in [-0.1, -0.05) is 18.2 Å². The van der Waals surface area contributed by atoms with E-state index in [0.29, 0.717) is 0 Å². The number of fused-ring (bicyclic) bond motifs is 5. The Morgan fingerprint density at radius 1 is 1.14 bits per heavy atom. The molecule has 2 aliphatic heterocycles. The van der Waals surface area contributed by atoms with Crippen molar-refractivity contribution in [3.8, 4) is 0 Å². The van der Waals surface area contributed by atoms with Gasteiger partial charge in [0.15, 0.2) is 0 Å². The van der Waals surface area contributed by atoms with Crippen LogP contribution in [-0.4, -0.2) is 28.9 Å². The number of anilines is 1. The van der Waals surface area contributed by atoms with Gasteiger partial charge in [-0.25, -0.2) is 9.69 Å². The fourth-order valence-corrected chi connectivity index (χ4v) is 3.52. The number of rotatable bonds is 1. The second kappa shape index (κ2) is 4.12. The lowest BCUT2D eigenvalue weighted by molar-refractivity contribution is -0.137. The van der Waals surface area contributed by atoms with Gasteiger partial charge in [-0.15, -0.1) is 0 Å². The monoisotopic (exact) mass is 308 g/mol. The summed E-state index contributed by atoms with van der Waals surface area (Å²) in [5.41, 5.74) is -0.905. The summed E-state index contributed by atoms with van der Waals surface area (Å²) in [6, 6.07) is 3.08. The van der Waals surface area contributed by atoms with Crippen LogP contribution in [0.25, 0.3) is 0 Å². The Kier molecular flexibility index (Phi) is 2.50. The van der Waals surface area contributed by atoms with Gasteiger partial charge >= 0.3 is 12.2 Å². The van der Waals surface area contributed by atoms with E-state index in [1.165, 1.54) is 17.0 Å². The Bertz CT molecular complexity index is 683. The number of alkyl halides is 3. The smallest absolute Gasteiger partial charge is 0.305 e. The zero-order chi connectivity index (χ0) is 15.6. The number of halogens is 3. The molecule has 1 aromatic rings. The summed E-state index contributed by atoms with van der Waals surface area (Å²) in [5, 5.41) is 0. The molecule has 2 fully saturated rings. The minimum Gasteiger partial charge on any atom is -0.305 e. The average molecular weight is 308 g/mol. The van der Waals surface area contributed by atoms with Crippen molar-refractivity contribution in [2.75, 3.05) is 4.90 Å². The number of nitrogens with zero attached hydrogens (tertiary/aromatic N) is 2. The second-order valence-corrected chi connectivity index (χ2v) is 5.71. The number of carbonyl (C=O) groups is 2. The number of benzene rings is 1. The summed E-state index contributed by atoms with van der Waals surface area (Å²) >= 11 is 0. The minimum atomic E-state index is -4.52. The van der Waals surface area contributed by atoms with E-state index in [9.17, 15) is 22.8 Å². The normalized spacial score (nSPS) is 29.7.